The number of nitrogens with zero attached hydrogens (tertiary/aromatic N) is 2. The molecule has 4 rings (SSSR count). The van der Waals surface area contributed by atoms with Gasteiger partial charge in [-0.05, 0) is 36.4 Å². The molecule has 0 radical (unpaired) electrons. The van der Waals surface area contributed by atoms with Gasteiger partial charge in [0.1, 0.15) is 0 Å². The van der Waals surface area contributed by atoms with E-state index in [1.54, 1.807) is 0 Å². The van der Waals surface area contributed by atoms with Crippen LogP contribution in [0.25, 0.3) is 22.5 Å². The molecule has 0 aliphatic rings. The number of sulfone groups is 1. The predicted molar refractivity (Wildman–Crippen MR) is 150 cm³/mol. The second kappa shape index (κ2) is 10.5. The fraction of sp³-hybridized carbons (Fsp3) is 0.0909. The second-order valence-electron chi connectivity index (χ2n) is 7.85. The van der Waals surface area contributed by atoms with E-state index in [0.29, 0.717) is 0 Å². The van der Waals surface area contributed by atoms with Gasteiger partial charge in [0.25, 0.3) is 11.4 Å². The van der Waals surface area contributed by atoms with Crippen LogP contribution in [0.15, 0.2) is 70.7 Å². The average Bonchev–Trinajstić information content (AvgIpc) is 3.55. The molecule has 0 bridgehead atoms. The first kappa shape index (κ1) is 29.5. The van der Waals surface area contributed by atoms with Crippen LogP contribution in [0.2, 0.25) is 0 Å². The van der Waals surface area contributed by atoms with Gasteiger partial charge < -0.3 is 9.97 Å². The number of aromatic nitrogens is 2. The maximum absolute atomic E-state index is 14.3. The minimum absolute atomic E-state index is 0.0810. The van der Waals surface area contributed by atoms with E-state index in [0.717, 1.165) is 24.3 Å². The summed E-state index contributed by atoms with van der Waals surface area (Å²) < 4.78 is 23.5. The molecule has 0 unspecified atom stereocenters. The first-order chi connectivity index (χ1) is 18.1. The maximum Gasteiger partial charge on any atom is 0.279 e. The monoisotopic (exact) mass is 670 g/mol. The Morgan fingerprint density at radius 3 is 1.26 bits per heavy atom. The summed E-state index contributed by atoms with van der Waals surface area (Å²) in [4.78, 5) is 26.4. The third-order valence-corrected chi connectivity index (χ3v) is 8.54. The largest absolute Gasteiger partial charge is 0.361 e. The number of hydrogen-bond acceptors (Lipinski definition) is 6. The highest BCUT2D eigenvalue weighted by Gasteiger charge is 2.43. The van der Waals surface area contributed by atoms with Crippen molar-refractivity contribution >= 4 is 90.8 Å². The lowest BCUT2D eigenvalue weighted by Crippen LogP contribution is -2.18. The normalized spacial score (nSPS) is 12.5. The molecule has 2 aromatic heterocycles. The molecular formula is C22H12Cl6N4O6S. The Bertz CT molecular complexity index is 1580. The quantitative estimate of drug-likeness (QED) is 0.120. The fourth-order valence-corrected chi connectivity index (χ4v) is 7.39. The summed E-state index contributed by atoms with van der Waals surface area (Å²) in [5, 5.41) is 23.8. The summed E-state index contributed by atoms with van der Waals surface area (Å²) in [6.45, 7) is 0. The second-order valence-corrected chi connectivity index (χ2v) is 14.3. The number of nitro benzene ring substituents is 2. The molecule has 39 heavy (non-hydrogen) atoms. The number of alkyl halides is 6. The van der Waals surface area contributed by atoms with E-state index in [1.165, 1.54) is 36.7 Å². The molecule has 0 aliphatic heterocycles. The van der Waals surface area contributed by atoms with Gasteiger partial charge in [0.05, 0.1) is 42.2 Å². The molecule has 0 amide bonds. The zero-order chi connectivity index (χ0) is 28.9. The van der Waals surface area contributed by atoms with E-state index < -0.39 is 59.6 Å². The molecule has 204 valence electrons. The molecule has 0 spiro atoms. The highest BCUT2D eigenvalue weighted by molar-refractivity contribution is 7.91. The van der Waals surface area contributed by atoms with Crippen molar-refractivity contribution in [1.82, 2.24) is 9.97 Å². The summed E-state index contributed by atoms with van der Waals surface area (Å²) in [6.07, 6.45) is 2.87. The van der Waals surface area contributed by atoms with Gasteiger partial charge in [0.15, 0.2) is 0 Å². The maximum atomic E-state index is 14.3. The lowest BCUT2D eigenvalue weighted by atomic mass is 10.0. The van der Waals surface area contributed by atoms with E-state index in [2.05, 4.69) is 9.97 Å². The van der Waals surface area contributed by atoms with Crippen LogP contribution in [-0.4, -0.2) is 28.2 Å². The van der Waals surface area contributed by atoms with Crippen molar-refractivity contribution in [2.24, 2.45) is 0 Å². The first-order valence-corrected chi connectivity index (χ1v) is 14.1. The Balaban J connectivity index is 2.18. The molecule has 2 heterocycles. The Labute approximate surface area is 250 Å². The zero-order valence-corrected chi connectivity index (χ0v) is 24.1. The predicted octanol–water partition coefficient (Wildman–Crippen LogP) is 7.98. The van der Waals surface area contributed by atoms with Crippen molar-refractivity contribution < 1.29 is 18.3 Å². The molecule has 17 heteroatoms. The van der Waals surface area contributed by atoms with Crippen LogP contribution in [0, 0.1) is 20.2 Å². The highest BCUT2D eigenvalue weighted by atomic mass is 35.6. The summed E-state index contributed by atoms with van der Waals surface area (Å²) in [7, 11) is -4.86. The lowest BCUT2D eigenvalue weighted by Gasteiger charge is -2.24. The summed E-state index contributed by atoms with van der Waals surface area (Å²) >= 11 is 37.3. The Kier molecular flexibility index (Phi) is 7.91. The third kappa shape index (κ3) is 5.45. The summed E-state index contributed by atoms with van der Waals surface area (Å²) in [6, 6.07) is 9.46. The molecule has 0 saturated carbocycles. The Hall–Kier alpha value is -2.51. The number of nitro groups is 2. The number of aromatic amines is 2. The first-order valence-electron chi connectivity index (χ1n) is 10.4. The number of benzene rings is 2. The van der Waals surface area contributed by atoms with Gasteiger partial charge in [-0.15, -0.1) is 0 Å². The number of halogens is 6. The van der Waals surface area contributed by atoms with Crippen molar-refractivity contribution in [2.75, 3.05) is 0 Å². The molecule has 2 aromatic carbocycles. The highest BCUT2D eigenvalue weighted by Crippen LogP contribution is 2.53. The van der Waals surface area contributed by atoms with Crippen LogP contribution in [0.4, 0.5) is 11.4 Å². The molecule has 4 aromatic rings. The number of rotatable bonds is 6. The molecular weight excluding hydrogens is 661 g/mol. The molecule has 0 saturated heterocycles. The molecule has 0 fully saturated rings. The van der Waals surface area contributed by atoms with E-state index in [-0.39, 0.29) is 22.5 Å². The van der Waals surface area contributed by atoms with Crippen molar-refractivity contribution in [2.45, 2.75) is 17.4 Å². The van der Waals surface area contributed by atoms with Crippen molar-refractivity contribution in [3.8, 4) is 22.5 Å². The standard InChI is InChI=1S/C22H12Cl6N4O6S/c23-21(24,25)19-15(7-5-13(31(33)34)17(19)11-3-1-9-29-11)39(37,38)16-8-6-14(32(35)36)18(12-4-2-10-30-12)20(16)22(26,27)28/h1-10,29-30H. The van der Waals surface area contributed by atoms with E-state index >= 15 is 0 Å². The Morgan fingerprint density at radius 2 is 1.00 bits per heavy atom. The SMILES string of the molecule is O=[N+]([O-])c1ccc(S(=O)(=O)c2ccc([N+](=O)[O-])c(-c3ccc[nH]3)c2C(Cl)(Cl)Cl)c(C(Cl)(Cl)Cl)c1-c1ccc[nH]1. The van der Waals surface area contributed by atoms with Gasteiger partial charge in [-0.3, -0.25) is 20.2 Å². The molecule has 2 N–H and O–H groups in total. The lowest BCUT2D eigenvalue weighted by molar-refractivity contribution is -0.384. The van der Waals surface area contributed by atoms with Crippen LogP contribution >= 0.6 is 69.6 Å². The third-order valence-electron chi connectivity index (χ3n) is 5.56. The van der Waals surface area contributed by atoms with E-state index in [9.17, 15) is 28.6 Å². The van der Waals surface area contributed by atoms with Gasteiger partial charge in [-0.25, -0.2) is 8.42 Å². The van der Waals surface area contributed by atoms with E-state index in [1.807, 2.05) is 0 Å². The van der Waals surface area contributed by atoms with Crippen LogP contribution in [0.1, 0.15) is 11.1 Å². The minimum atomic E-state index is -4.86. The van der Waals surface area contributed by atoms with Crippen molar-refractivity contribution in [3.63, 3.8) is 0 Å². The van der Waals surface area contributed by atoms with Gasteiger partial charge in [0.2, 0.25) is 17.4 Å². The van der Waals surface area contributed by atoms with Gasteiger partial charge in [-0.1, -0.05) is 69.6 Å². The zero-order valence-electron chi connectivity index (χ0n) is 18.8. The smallest absolute Gasteiger partial charge is 0.279 e. The van der Waals surface area contributed by atoms with Gasteiger partial charge in [-0.2, -0.15) is 0 Å². The minimum Gasteiger partial charge on any atom is -0.361 e. The summed E-state index contributed by atoms with van der Waals surface area (Å²) in [5.74, 6) is 0. The number of H-pyrrole nitrogens is 2. The number of nitrogens with one attached hydrogen (secondary N) is 2. The van der Waals surface area contributed by atoms with Crippen LogP contribution in [-0.2, 0) is 17.4 Å². The van der Waals surface area contributed by atoms with Crippen LogP contribution in [0.5, 0.6) is 0 Å². The molecule has 0 atom stereocenters. The van der Waals surface area contributed by atoms with Crippen molar-refractivity contribution in [3.05, 3.63) is 92.3 Å². The number of hydrogen-bond donors (Lipinski definition) is 2. The average molecular weight is 673 g/mol. The van der Waals surface area contributed by atoms with Crippen LogP contribution < -0.4 is 0 Å². The molecule has 10 nitrogen and oxygen atoms in total. The van der Waals surface area contributed by atoms with Crippen LogP contribution in [0.3, 0.4) is 0 Å². The molecule has 0 aliphatic carbocycles. The fourth-order valence-electron chi connectivity index (χ4n) is 4.10. The summed E-state index contributed by atoms with van der Waals surface area (Å²) in [5.41, 5.74) is -2.69. The van der Waals surface area contributed by atoms with E-state index in [4.69, 9.17) is 69.6 Å². The Morgan fingerprint density at radius 1 is 0.641 bits per heavy atom. The van der Waals surface area contributed by atoms with Crippen molar-refractivity contribution in [1.29, 1.82) is 0 Å². The van der Waals surface area contributed by atoms with Gasteiger partial charge in [0, 0.05) is 35.7 Å². The van der Waals surface area contributed by atoms with Gasteiger partial charge >= 0.3 is 0 Å². The topological polar surface area (TPSA) is 152 Å².